The highest BCUT2D eigenvalue weighted by Gasteiger charge is 2.31. The number of hydrogen-bond acceptors (Lipinski definition) is 4. The van der Waals surface area contributed by atoms with E-state index in [2.05, 4.69) is 16.7 Å². The van der Waals surface area contributed by atoms with Crippen molar-refractivity contribution in [1.82, 2.24) is 9.80 Å². The number of unbranched alkanes of at least 4 members (excludes halogenated alkanes) is 2. The summed E-state index contributed by atoms with van der Waals surface area (Å²) in [6, 6.07) is 1.35. The third-order valence-electron chi connectivity index (χ3n) is 4.69. The summed E-state index contributed by atoms with van der Waals surface area (Å²) in [5, 5.41) is 0. The molecule has 2 unspecified atom stereocenters. The van der Waals surface area contributed by atoms with Gasteiger partial charge < -0.3 is 10.5 Å². The minimum atomic E-state index is 0.609. The summed E-state index contributed by atoms with van der Waals surface area (Å²) in [6.07, 6.45) is 6.56. The van der Waals surface area contributed by atoms with E-state index < -0.39 is 0 Å². The van der Waals surface area contributed by atoms with E-state index >= 15 is 0 Å². The van der Waals surface area contributed by atoms with Gasteiger partial charge in [-0.25, -0.2) is 0 Å². The second-order valence-electron chi connectivity index (χ2n) is 5.97. The monoisotopic (exact) mass is 269 g/mol. The van der Waals surface area contributed by atoms with Gasteiger partial charge in [-0.2, -0.15) is 0 Å². The first-order chi connectivity index (χ1) is 9.35. The average molecular weight is 269 g/mol. The summed E-state index contributed by atoms with van der Waals surface area (Å²) < 4.78 is 5.44. The molecular weight excluding hydrogens is 238 g/mol. The Balaban J connectivity index is 1.75. The molecule has 2 rings (SSSR count). The minimum absolute atomic E-state index is 0.609. The van der Waals surface area contributed by atoms with Gasteiger partial charge in [-0.1, -0.05) is 26.2 Å². The maximum atomic E-state index is 5.98. The van der Waals surface area contributed by atoms with Crippen molar-refractivity contribution in [2.24, 2.45) is 5.73 Å². The van der Waals surface area contributed by atoms with Crippen LogP contribution in [0.3, 0.4) is 0 Å². The zero-order valence-electron chi connectivity index (χ0n) is 12.5. The second kappa shape index (κ2) is 8.20. The number of likely N-dealkylation sites (tertiary alicyclic amines) is 1. The molecular formula is C15H31N3O. The summed E-state index contributed by atoms with van der Waals surface area (Å²) in [4.78, 5) is 5.25. The molecule has 2 fully saturated rings. The predicted molar refractivity (Wildman–Crippen MR) is 79.4 cm³/mol. The zero-order valence-corrected chi connectivity index (χ0v) is 12.5. The van der Waals surface area contributed by atoms with Crippen molar-refractivity contribution >= 4 is 0 Å². The third kappa shape index (κ3) is 4.42. The highest BCUT2D eigenvalue weighted by molar-refractivity contribution is 4.88. The predicted octanol–water partition coefficient (Wildman–Crippen LogP) is 1.30. The van der Waals surface area contributed by atoms with Crippen LogP contribution < -0.4 is 5.73 Å². The number of ether oxygens (including phenoxy) is 1. The number of nitrogens with two attached hydrogens (primary N) is 1. The van der Waals surface area contributed by atoms with Crippen LogP contribution in [0.15, 0.2) is 0 Å². The topological polar surface area (TPSA) is 41.7 Å². The van der Waals surface area contributed by atoms with E-state index in [1.807, 2.05) is 0 Å². The summed E-state index contributed by atoms with van der Waals surface area (Å²) in [5.74, 6) is 0. The number of morpholine rings is 1. The first kappa shape index (κ1) is 15.2. The van der Waals surface area contributed by atoms with Crippen LogP contribution in [0.25, 0.3) is 0 Å². The van der Waals surface area contributed by atoms with Gasteiger partial charge in [-0.3, -0.25) is 9.80 Å². The van der Waals surface area contributed by atoms with Gasteiger partial charge >= 0.3 is 0 Å². The molecule has 2 saturated heterocycles. The Labute approximate surface area is 118 Å². The molecule has 2 atom stereocenters. The molecule has 0 aliphatic carbocycles. The lowest BCUT2D eigenvalue weighted by Crippen LogP contribution is -2.46. The van der Waals surface area contributed by atoms with Crippen LogP contribution in [-0.4, -0.2) is 67.8 Å². The largest absolute Gasteiger partial charge is 0.379 e. The second-order valence-corrected chi connectivity index (χ2v) is 5.97. The molecule has 0 amide bonds. The number of rotatable bonds is 7. The molecule has 0 spiro atoms. The van der Waals surface area contributed by atoms with Crippen LogP contribution in [-0.2, 0) is 4.74 Å². The molecule has 4 nitrogen and oxygen atoms in total. The summed E-state index contributed by atoms with van der Waals surface area (Å²) in [7, 11) is 0. The van der Waals surface area contributed by atoms with Crippen LogP contribution in [0, 0.1) is 0 Å². The van der Waals surface area contributed by atoms with E-state index in [0.717, 1.165) is 38.9 Å². The molecule has 2 aliphatic heterocycles. The molecule has 4 heteroatoms. The van der Waals surface area contributed by atoms with Crippen LogP contribution in [0.2, 0.25) is 0 Å². The van der Waals surface area contributed by atoms with E-state index in [1.54, 1.807) is 0 Å². The fraction of sp³-hybridized carbons (Fsp3) is 1.00. The van der Waals surface area contributed by atoms with Crippen molar-refractivity contribution in [3.05, 3.63) is 0 Å². The normalized spacial score (nSPS) is 27.8. The average Bonchev–Trinajstić information content (AvgIpc) is 2.94. The molecule has 2 N–H and O–H groups in total. The van der Waals surface area contributed by atoms with Gasteiger partial charge in [0.25, 0.3) is 0 Å². The quantitative estimate of drug-likeness (QED) is 0.707. The van der Waals surface area contributed by atoms with Gasteiger partial charge in [0, 0.05) is 44.8 Å². The van der Waals surface area contributed by atoms with Crippen LogP contribution >= 0.6 is 0 Å². The molecule has 0 bridgehead atoms. The smallest absolute Gasteiger partial charge is 0.0594 e. The third-order valence-corrected chi connectivity index (χ3v) is 4.69. The SMILES string of the molecule is CCCCCC(CN)N1CCC(N2CCOCC2)C1. The Morgan fingerprint density at radius 2 is 2.00 bits per heavy atom. The van der Waals surface area contributed by atoms with Crippen molar-refractivity contribution in [2.45, 2.75) is 51.1 Å². The van der Waals surface area contributed by atoms with Crippen molar-refractivity contribution < 1.29 is 4.74 Å². The maximum Gasteiger partial charge on any atom is 0.0594 e. The highest BCUT2D eigenvalue weighted by atomic mass is 16.5. The van der Waals surface area contributed by atoms with E-state index in [1.165, 1.54) is 45.2 Å². The Kier molecular flexibility index (Phi) is 6.57. The van der Waals surface area contributed by atoms with Crippen LogP contribution in [0.1, 0.15) is 39.0 Å². The molecule has 0 radical (unpaired) electrons. The summed E-state index contributed by atoms with van der Waals surface area (Å²) >= 11 is 0. The highest BCUT2D eigenvalue weighted by Crippen LogP contribution is 2.21. The molecule has 0 aromatic heterocycles. The fourth-order valence-electron chi connectivity index (χ4n) is 3.42. The molecule has 0 aromatic rings. The first-order valence-electron chi connectivity index (χ1n) is 8.11. The molecule has 2 heterocycles. The zero-order chi connectivity index (χ0) is 13.5. The Hall–Kier alpha value is -0.160. The molecule has 2 aliphatic rings. The van der Waals surface area contributed by atoms with Crippen molar-refractivity contribution in [3.63, 3.8) is 0 Å². The Morgan fingerprint density at radius 1 is 1.21 bits per heavy atom. The van der Waals surface area contributed by atoms with Crippen LogP contribution in [0.5, 0.6) is 0 Å². The minimum Gasteiger partial charge on any atom is -0.379 e. The standard InChI is InChI=1S/C15H31N3O/c1-2-3-4-5-14(12-16)18-7-6-15(13-18)17-8-10-19-11-9-17/h14-15H,2-13,16H2,1H3. The van der Waals surface area contributed by atoms with Crippen LogP contribution in [0.4, 0.5) is 0 Å². The van der Waals surface area contributed by atoms with Gasteiger partial charge in [-0.15, -0.1) is 0 Å². The lowest BCUT2D eigenvalue weighted by atomic mass is 10.1. The van der Waals surface area contributed by atoms with E-state index in [-0.39, 0.29) is 0 Å². The first-order valence-corrected chi connectivity index (χ1v) is 8.11. The lowest BCUT2D eigenvalue weighted by molar-refractivity contribution is 0.0176. The number of hydrogen-bond donors (Lipinski definition) is 1. The van der Waals surface area contributed by atoms with Gasteiger partial charge in [0.05, 0.1) is 13.2 Å². The Morgan fingerprint density at radius 3 is 2.68 bits per heavy atom. The Bertz CT molecular complexity index is 244. The van der Waals surface area contributed by atoms with E-state index in [9.17, 15) is 0 Å². The summed E-state index contributed by atoms with van der Waals surface area (Å²) in [5.41, 5.74) is 5.98. The van der Waals surface area contributed by atoms with Gasteiger partial charge in [0.2, 0.25) is 0 Å². The van der Waals surface area contributed by atoms with E-state index in [0.29, 0.717) is 6.04 Å². The molecule has 0 aromatic carbocycles. The molecule has 0 saturated carbocycles. The summed E-state index contributed by atoms with van der Waals surface area (Å²) in [6.45, 7) is 9.58. The van der Waals surface area contributed by atoms with Gasteiger partial charge in [-0.05, 0) is 12.8 Å². The maximum absolute atomic E-state index is 5.98. The molecule has 112 valence electrons. The van der Waals surface area contributed by atoms with Gasteiger partial charge in [0.15, 0.2) is 0 Å². The van der Waals surface area contributed by atoms with Crippen molar-refractivity contribution in [2.75, 3.05) is 45.9 Å². The van der Waals surface area contributed by atoms with Gasteiger partial charge in [0.1, 0.15) is 0 Å². The van der Waals surface area contributed by atoms with Crippen molar-refractivity contribution in [1.29, 1.82) is 0 Å². The fourth-order valence-corrected chi connectivity index (χ4v) is 3.42. The lowest BCUT2D eigenvalue weighted by Gasteiger charge is -2.33. The van der Waals surface area contributed by atoms with Crippen molar-refractivity contribution in [3.8, 4) is 0 Å². The van der Waals surface area contributed by atoms with E-state index in [4.69, 9.17) is 10.5 Å². The number of nitrogens with zero attached hydrogens (tertiary/aromatic N) is 2. The molecule has 19 heavy (non-hydrogen) atoms.